The summed E-state index contributed by atoms with van der Waals surface area (Å²) >= 11 is 0. The van der Waals surface area contributed by atoms with E-state index in [-0.39, 0.29) is 29.6 Å². The van der Waals surface area contributed by atoms with Crippen LogP contribution in [0.1, 0.15) is 52.5 Å². The molecule has 3 aromatic rings. The van der Waals surface area contributed by atoms with Crippen molar-refractivity contribution in [3.63, 3.8) is 0 Å². The maximum atomic E-state index is 14.3. The van der Waals surface area contributed by atoms with E-state index in [0.29, 0.717) is 29.3 Å². The number of carbonyl (C=O) groups is 1. The molecule has 3 heterocycles. The minimum Gasteiger partial charge on any atom is -0.292 e. The molecule has 1 aromatic heterocycles. The van der Waals surface area contributed by atoms with E-state index in [2.05, 4.69) is 20.1 Å². The highest BCUT2D eigenvalue weighted by molar-refractivity contribution is 6.21. The second-order valence-electron chi connectivity index (χ2n) is 7.65. The third kappa shape index (κ3) is 3.28. The van der Waals surface area contributed by atoms with Crippen molar-refractivity contribution >= 4 is 23.4 Å². The Hall–Kier alpha value is -3.55. The average Bonchev–Trinajstić information content (AvgIpc) is 3.14. The molecule has 2 aromatic carbocycles. The van der Waals surface area contributed by atoms with Crippen LogP contribution >= 0.6 is 0 Å². The number of aryl methyl sites for hydroxylation is 1. The molecule has 0 amide bonds. The van der Waals surface area contributed by atoms with E-state index in [1.54, 1.807) is 18.3 Å². The maximum absolute atomic E-state index is 14.3. The Kier molecular flexibility index (Phi) is 4.77. The number of ketones is 1. The lowest BCUT2D eigenvalue weighted by molar-refractivity contribution is 0.0999. The SMILES string of the molecule is CCCn1ncnc1C1C2=NCC(=O)c3cc(F)cc(c32)N=CC1c1ccc(F)cc1. The summed E-state index contributed by atoms with van der Waals surface area (Å²) in [4.78, 5) is 26.2. The number of aromatic nitrogens is 3. The van der Waals surface area contributed by atoms with Crippen LogP contribution in [0.2, 0.25) is 0 Å². The van der Waals surface area contributed by atoms with Gasteiger partial charge in [-0.3, -0.25) is 14.8 Å². The van der Waals surface area contributed by atoms with Crippen molar-refractivity contribution in [2.75, 3.05) is 6.54 Å². The lowest BCUT2D eigenvalue weighted by atomic mass is 9.79. The normalized spacial score (nSPS) is 19.7. The third-order valence-electron chi connectivity index (χ3n) is 5.67. The van der Waals surface area contributed by atoms with E-state index < -0.39 is 11.7 Å². The molecule has 0 saturated carbocycles. The summed E-state index contributed by atoms with van der Waals surface area (Å²) in [5.74, 6) is -1.19. The molecule has 8 heteroatoms. The monoisotopic (exact) mass is 419 g/mol. The van der Waals surface area contributed by atoms with Crippen LogP contribution in [0.5, 0.6) is 0 Å². The van der Waals surface area contributed by atoms with Gasteiger partial charge in [-0.15, -0.1) is 0 Å². The molecule has 0 aliphatic carbocycles. The highest BCUT2D eigenvalue weighted by Gasteiger charge is 2.39. The maximum Gasteiger partial charge on any atom is 0.185 e. The second-order valence-corrected chi connectivity index (χ2v) is 7.65. The topological polar surface area (TPSA) is 72.5 Å². The Labute approximate surface area is 177 Å². The zero-order valence-electron chi connectivity index (χ0n) is 16.8. The molecule has 0 radical (unpaired) electrons. The number of nitrogens with zero attached hydrogens (tertiary/aromatic N) is 5. The van der Waals surface area contributed by atoms with Crippen LogP contribution in [-0.4, -0.2) is 39.0 Å². The van der Waals surface area contributed by atoms with Gasteiger partial charge < -0.3 is 0 Å². The van der Waals surface area contributed by atoms with E-state index in [1.165, 1.54) is 30.6 Å². The molecule has 0 saturated heterocycles. The number of Topliss-reactive ketones (excluding diaryl/α,β-unsaturated/α-hetero) is 1. The lowest BCUT2D eigenvalue weighted by Gasteiger charge is -2.27. The van der Waals surface area contributed by atoms with Gasteiger partial charge in [0.25, 0.3) is 0 Å². The number of halogens is 2. The van der Waals surface area contributed by atoms with E-state index >= 15 is 0 Å². The summed E-state index contributed by atoms with van der Waals surface area (Å²) in [6, 6.07) is 8.75. The van der Waals surface area contributed by atoms with Gasteiger partial charge in [0, 0.05) is 35.9 Å². The van der Waals surface area contributed by atoms with Crippen LogP contribution in [0.3, 0.4) is 0 Å². The number of hydrogen-bond donors (Lipinski definition) is 0. The quantitative estimate of drug-likeness (QED) is 0.635. The predicted octanol–water partition coefficient (Wildman–Crippen LogP) is 4.24. The first-order valence-electron chi connectivity index (χ1n) is 10.2. The van der Waals surface area contributed by atoms with E-state index in [4.69, 9.17) is 0 Å². The standard InChI is InChI=1S/C23H19F2N5O/c1-2-7-30-23(28-12-29-30)21-17(13-3-5-14(24)6-4-13)10-26-18-9-15(25)8-16-19(31)11-27-22(21)20(16)18/h3-6,8-10,12,17,21H,2,7,11H2,1H3. The third-order valence-corrected chi connectivity index (χ3v) is 5.67. The fourth-order valence-corrected chi connectivity index (χ4v) is 4.32. The minimum atomic E-state index is -0.522. The molecule has 6 nitrogen and oxygen atoms in total. The first-order valence-corrected chi connectivity index (χ1v) is 10.2. The summed E-state index contributed by atoms with van der Waals surface area (Å²) in [6.07, 6.45) is 4.06. The minimum absolute atomic E-state index is 0.0697. The van der Waals surface area contributed by atoms with Crippen LogP contribution in [0.15, 0.2) is 52.7 Å². The largest absolute Gasteiger partial charge is 0.292 e. The van der Waals surface area contributed by atoms with Gasteiger partial charge in [-0.1, -0.05) is 19.1 Å². The van der Waals surface area contributed by atoms with Crippen LogP contribution in [0.4, 0.5) is 14.5 Å². The Morgan fingerprint density at radius 1 is 1.13 bits per heavy atom. The smallest absolute Gasteiger partial charge is 0.185 e. The van der Waals surface area contributed by atoms with Gasteiger partial charge in [-0.2, -0.15) is 5.10 Å². The number of aliphatic imine (C=N–C) groups is 2. The summed E-state index contributed by atoms with van der Waals surface area (Å²) in [7, 11) is 0. The molecule has 2 aliphatic rings. The zero-order valence-corrected chi connectivity index (χ0v) is 16.8. The molecule has 0 bridgehead atoms. The van der Waals surface area contributed by atoms with Crippen molar-refractivity contribution in [1.29, 1.82) is 0 Å². The van der Waals surface area contributed by atoms with Crippen LogP contribution in [0, 0.1) is 11.6 Å². The second kappa shape index (κ2) is 7.61. The van der Waals surface area contributed by atoms with E-state index in [9.17, 15) is 13.6 Å². The molecule has 0 fully saturated rings. The molecule has 2 unspecified atom stereocenters. The summed E-state index contributed by atoms with van der Waals surface area (Å²) < 4.78 is 29.7. The van der Waals surface area contributed by atoms with Gasteiger partial charge in [-0.25, -0.2) is 18.4 Å². The van der Waals surface area contributed by atoms with Crippen molar-refractivity contribution in [3.8, 4) is 0 Å². The molecule has 2 atom stereocenters. The Balaban J connectivity index is 1.77. The van der Waals surface area contributed by atoms with Gasteiger partial charge in [0.2, 0.25) is 0 Å². The van der Waals surface area contributed by atoms with Crippen LogP contribution < -0.4 is 0 Å². The fraction of sp³-hybridized carbons (Fsp3) is 0.261. The Morgan fingerprint density at radius 2 is 1.94 bits per heavy atom. The van der Waals surface area contributed by atoms with E-state index in [1.807, 2.05) is 11.6 Å². The van der Waals surface area contributed by atoms with Gasteiger partial charge >= 0.3 is 0 Å². The molecule has 0 N–H and O–H groups in total. The molecular formula is C23H19F2N5O. The number of benzene rings is 2. The highest BCUT2D eigenvalue weighted by Crippen LogP contribution is 2.42. The Bertz CT molecular complexity index is 1230. The molecular weight excluding hydrogens is 400 g/mol. The highest BCUT2D eigenvalue weighted by atomic mass is 19.1. The molecule has 156 valence electrons. The van der Waals surface area contributed by atoms with Crippen LogP contribution in [0.25, 0.3) is 0 Å². The number of hydrogen-bond acceptors (Lipinski definition) is 5. The first-order chi connectivity index (χ1) is 15.1. The number of rotatable bonds is 4. The summed E-state index contributed by atoms with van der Waals surface area (Å²) in [5.41, 5.74) is 2.62. The Morgan fingerprint density at radius 3 is 2.71 bits per heavy atom. The summed E-state index contributed by atoms with van der Waals surface area (Å²) in [6.45, 7) is 2.64. The van der Waals surface area contributed by atoms with Crippen LogP contribution in [-0.2, 0) is 6.54 Å². The summed E-state index contributed by atoms with van der Waals surface area (Å²) in [5, 5.41) is 4.37. The first kappa shape index (κ1) is 19.4. The van der Waals surface area contributed by atoms with Crippen molar-refractivity contribution in [3.05, 3.63) is 76.9 Å². The van der Waals surface area contributed by atoms with Crippen molar-refractivity contribution < 1.29 is 13.6 Å². The average molecular weight is 419 g/mol. The molecule has 31 heavy (non-hydrogen) atoms. The molecule has 5 rings (SSSR count). The molecule has 0 spiro atoms. The van der Waals surface area contributed by atoms with Gasteiger partial charge in [-0.05, 0) is 30.2 Å². The fourth-order valence-electron chi connectivity index (χ4n) is 4.32. The zero-order chi connectivity index (χ0) is 21.5. The number of carbonyl (C=O) groups excluding carboxylic acids is 1. The molecule has 2 aliphatic heterocycles. The van der Waals surface area contributed by atoms with Gasteiger partial charge in [0.15, 0.2) is 5.78 Å². The van der Waals surface area contributed by atoms with Gasteiger partial charge in [0.1, 0.15) is 30.3 Å². The van der Waals surface area contributed by atoms with Crippen molar-refractivity contribution in [1.82, 2.24) is 14.8 Å². The lowest BCUT2D eigenvalue weighted by Crippen LogP contribution is -2.30. The van der Waals surface area contributed by atoms with Gasteiger partial charge in [0.05, 0.1) is 17.3 Å². The van der Waals surface area contributed by atoms with Crippen molar-refractivity contribution in [2.45, 2.75) is 31.7 Å². The van der Waals surface area contributed by atoms with Crippen molar-refractivity contribution in [2.24, 2.45) is 9.98 Å². The predicted molar refractivity (Wildman–Crippen MR) is 112 cm³/mol. The van der Waals surface area contributed by atoms with E-state index in [0.717, 1.165) is 12.0 Å².